The second-order valence-electron chi connectivity index (χ2n) is 3.91. The molecule has 0 aliphatic rings. The lowest BCUT2D eigenvalue weighted by atomic mass is 10.2. The third-order valence-electron chi connectivity index (χ3n) is 2.62. The molecular formula is C11H17N3O3S. The van der Waals surface area contributed by atoms with Crippen LogP contribution in [-0.2, 0) is 4.79 Å². The van der Waals surface area contributed by atoms with Crippen LogP contribution < -0.4 is 5.32 Å². The van der Waals surface area contributed by atoms with Crippen LogP contribution in [0.3, 0.4) is 0 Å². The summed E-state index contributed by atoms with van der Waals surface area (Å²) in [6.45, 7) is 3.54. The molecule has 7 heteroatoms. The molecule has 0 aliphatic heterocycles. The number of carbonyl (C=O) groups excluding carboxylic acids is 1. The van der Waals surface area contributed by atoms with Gasteiger partial charge in [-0.2, -0.15) is 0 Å². The molecule has 0 aromatic carbocycles. The number of urea groups is 1. The van der Waals surface area contributed by atoms with Crippen LogP contribution in [0, 0.1) is 0 Å². The molecule has 1 aromatic heterocycles. The van der Waals surface area contributed by atoms with Crippen LogP contribution >= 0.6 is 11.3 Å². The van der Waals surface area contributed by atoms with Crippen molar-refractivity contribution in [2.24, 2.45) is 0 Å². The van der Waals surface area contributed by atoms with E-state index in [2.05, 4.69) is 10.3 Å². The average Bonchev–Trinajstić information content (AvgIpc) is 2.82. The minimum Gasteiger partial charge on any atom is -0.480 e. The fourth-order valence-corrected chi connectivity index (χ4v) is 2.20. The van der Waals surface area contributed by atoms with Crippen molar-refractivity contribution in [3.63, 3.8) is 0 Å². The van der Waals surface area contributed by atoms with Crippen molar-refractivity contribution < 1.29 is 14.7 Å². The Morgan fingerprint density at radius 1 is 1.61 bits per heavy atom. The zero-order valence-electron chi connectivity index (χ0n) is 10.6. The van der Waals surface area contributed by atoms with Gasteiger partial charge in [0.1, 0.15) is 11.0 Å². The zero-order valence-corrected chi connectivity index (χ0v) is 11.4. The number of aliphatic carboxylic acids is 1. The first-order chi connectivity index (χ1) is 8.47. The molecular weight excluding hydrogens is 254 g/mol. The summed E-state index contributed by atoms with van der Waals surface area (Å²) in [5.41, 5.74) is 0. The maximum absolute atomic E-state index is 11.9. The molecule has 0 aliphatic carbocycles. The molecule has 0 spiro atoms. The first-order valence-corrected chi connectivity index (χ1v) is 6.50. The van der Waals surface area contributed by atoms with Crippen LogP contribution in [0.15, 0.2) is 11.6 Å². The van der Waals surface area contributed by atoms with Crippen molar-refractivity contribution in [1.82, 2.24) is 15.2 Å². The highest BCUT2D eigenvalue weighted by Gasteiger charge is 2.25. The van der Waals surface area contributed by atoms with E-state index in [1.807, 2.05) is 12.3 Å². The van der Waals surface area contributed by atoms with Crippen molar-refractivity contribution in [1.29, 1.82) is 0 Å². The van der Waals surface area contributed by atoms with Gasteiger partial charge in [-0.05, 0) is 13.3 Å². The zero-order chi connectivity index (χ0) is 13.7. The normalized spacial score (nSPS) is 13.7. The SMILES string of the molecule is CCC(C(=O)O)N(C)C(=O)NC(C)c1nccs1. The molecule has 1 heterocycles. The lowest BCUT2D eigenvalue weighted by Crippen LogP contribution is -2.47. The Labute approximate surface area is 110 Å². The van der Waals surface area contributed by atoms with E-state index >= 15 is 0 Å². The van der Waals surface area contributed by atoms with E-state index in [-0.39, 0.29) is 6.04 Å². The highest BCUT2D eigenvalue weighted by atomic mass is 32.1. The summed E-state index contributed by atoms with van der Waals surface area (Å²) in [6, 6.07) is -1.45. The third kappa shape index (κ3) is 3.43. The first kappa shape index (κ1) is 14.4. The van der Waals surface area contributed by atoms with Gasteiger partial charge in [0.15, 0.2) is 0 Å². The number of nitrogens with one attached hydrogen (secondary N) is 1. The highest BCUT2D eigenvalue weighted by Crippen LogP contribution is 2.15. The second kappa shape index (κ2) is 6.34. The van der Waals surface area contributed by atoms with E-state index in [9.17, 15) is 9.59 Å². The molecule has 0 saturated heterocycles. The average molecular weight is 271 g/mol. The van der Waals surface area contributed by atoms with E-state index in [1.54, 1.807) is 13.1 Å². The number of amides is 2. The van der Waals surface area contributed by atoms with Gasteiger partial charge >= 0.3 is 12.0 Å². The molecule has 0 radical (unpaired) electrons. The Morgan fingerprint density at radius 3 is 2.72 bits per heavy atom. The monoisotopic (exact) mass is 271 g/mol. The van der Waals surface area contributed by atoms with Crippen molar-refractivity contribution in [2.75, 3.05) is 7.05 Å². The molecule has 2 N–H and O–H groups in total. The van der Waals surface area contributed by atoms with Gasteiger partial charge in [0.25, 0.3) is 0 Å². The molecule has 0 fully saturated rings. The number of likely N-dealkylation sites (N-methyl/N-ethyl adjacent to an activating group) is 1. The van der Waals surface area contributed by atoms with Gasteiger partial charge in [-0.15, -0.1) is 11.3 Å². The number of thiazole rings is 1. The number of carboxylic acid groups (broad SMARTS) is 1. The van der Waals surface area contributed by atoms with Crippen molar-refractivity contribution in [3.8, 4) is 0 Å². The first-order valence-electron chi connectivity index (χ1n) is 5.62. The van der Waals surface area contributed by atoms with E-state index < -0.39 is 18.0 Å². The summed E-state index contributed by atoms with van der Waals surface area (Å²) in [5.74, 6) is -1.00. The molecule has 2 unspecified atom stereocenters. The summed E-state index contributed by atoms with van der Waals surface area (Å²) < 4.78 is 0. The molecule has 1 aromatic rings. The maximum Gasteiger partial charge on any atom is 0.326 e. The molecule has 2 atom stereocenters. The quantitative estimate of drug-likeness (QED) is 0.854. The molecule has 100 valence electrons. The Hall–Kier alpha value is -1.63. The summed E-state index contributed by atoms with van der Waals surface area (Å²) in [4.78, 5) is 28.1. The summed E-state index contributed by atoms with van der Waals surface area (Å²) in [6.07, 6.45) is 2.03. The van der Waals surface area contributed by atoms with E-state index in [0.29, 0.717) is 6.42 Å². The summed E-state index contributed by atoms with van der Waals surface area (Å²) in [7, 11) is 1.48. The molecule has 6 nitrogen and oxygen atoms in total. The number of hydrogen-bond acceptors (Lipinski definition) is 4. The van der Waals surface area contributed by atoms with E-state index in [1.165, 1.54) is 23.3 Å². The van der Waals surface area contributed by atoms with Crippen molar-refractivity contribution in [3.05, 3.63) is 16.6 Å². The van der Waals surface area contributed by atoms with Crippen LogP contribution in [0.5, 0.6) is 0 Å². The molecule has 0 saturated carbocycles. The van der Waals surface area contributed by atoms with Gasteiger partial charge in [0, 0.05) is 18.6 Å². The van der Waals surface area contributed by atoms with Crippen LogP contribution in [-0.4, -0.2) is 40.1 Å². The Morgan fingerprint density at radius 2 is 2.28 bits per heavy atom. The Kier molecular flexibility index (Phi) is 5.08. The smallest absolute Gasteiger partial charge is 0.326 e. The number of rotatable bonds is 5. The van der Waals surface area contributed by atoms with Crippen LogP contribution in [0.1, 0.15) is 31.3 Å². The van der Waals surface area contributed by atoms with Gasteiger partial charge in [-0.3, -0.25) is 0 Å². The number of carboxylic acids is 1. The topological polar surface area (TPSA) is 82.5 Å². The largest absolute Gasteiger partial charge is 0.480 e. The maximum atomic E-state index is 11.9. The standard InChI is InChI=1S/C11H17N3O3S/c1-4-8(10(15)16)14(3)11(17)13-7(2)9-12-5-6-18-9/h5-8H,4H2,1-3H3,(H,13,17)(H,15,16). The molecule has 2 amide bonds. The lowest BCUT2D eigenvalue weighted by molar-refractivity contribution is -0.141. The van der Waals surface area contributed by atoms with Crippen molar-refractivity contribution in [2.45, 2.75) is 32.4 Å². The van der Waals surface area contributed by atoms with E-state index in [0.717, 1.165) is 5.01 Å². The number of hydrogen-bond donors (Lipinski definition) is 2. The number of aromatic nitrogens is 1. The predicted octanol–water partition coefficient (Wildman–Crippen LogP) is 1.71. The minimum atomic E-state index is -1.00. The minimum absolute atomic E-state index is 0.230. The van der Waals surface area contributed by atoms with Gasteiger partial charge in [-0.1, -0.05) is 6.92 Å². The third-order valence-corrected chi connectivity index (χ3v) is 3.58. The fraction of sp³-hybridized carbons (Fsp3) is 0.545. The Bertz CT molecular complexity index is 408. The molecule has 1 rings (SSSR count). The van der Waals surface area contributed by atoms with Crippen molar-refractivity contribution >= 4 is 23.3 Å². The second-order valence-corrected chi connectivity index (χ2v) is 4.84. The van der Waals surface area contributed by atoms with Gasteiger partial charge in [0.2, 0.25) is 0 Å². The molecule has 18 heavy (non-hydrogen) atoms. The highest BCUT2D eigenvalue weighted by molar-refractivity contribution is 7.09. The fourth-order valence-electron chi connectivity index (χ4n) is 1.55. The van der Waals surface area contributed by atoms with Crippen LogP contribution in [0.25, 0.3) is 0 Å². The lowest BCUT2D eigenvalue weighted by Gasteiger charge is -2.25. The van der Waals surface area contributed by atoms with E-state index in [4.69, 9.17) is 5.11 Å². The summed E-state index contributed by atoms with van der Waals surface area (Å²) >= 11 is 1.44. The number of carbonyl (C=O) groups is 2. The van der Waals surface area contributed by atoms with Gasteiger partial charge < -0.3 is 15.3 Å². The predicted molar refractivity (Wildman–Crippen MR) is 68.5 cm³/mol. The number of nitrogens with zero attached hydrogens (tertiary/aromatic N) is 2. The van der Waals surface area contributed by atoms with Gasteiger partial charge in [-0.25, -0.2) is 14.6 Å². The van der Waals surface area contributed by atoms with Crippen LogP contribution in [0.2, 0.25) is 0 Å². The van der Waals surface area contributed by atoms with Gasteiger partial charge in [0.05, 0.1) is 6.04 Å². The summed E-state index contributed by atoms with van der Waals surface area (Å²) in [5, 5.41) is 14.3. The Balaban J connectivity index is 2.62. The molecule has 0 bridgehead atoms. The van der Waals surface area contributed by atoms with Crippen LogP contribution in [0.4, 0.5) is 4.79 Å².